The number of nitrogens with zero attached hydrogens (tertiary/aromatic N) is 3. The molecule has 1 heterocycles. The van der Waals surface area contributed by atoms with E-state index in [1.165, 1.54) is 12.8 Å². The number of halogens is 1. The van der Waals surface area contributed by atoms with E-state index in [1.54, 1.807) is 0 Å². The molecule has 16 heavy (non-hydrogen) atoms. The van der Waals surface area contributed by atoms with Crippen LogP contribution in [-0.4, -0.2) is 27.0 Å². The zero-order valence-corrected chi connectivity index (χ0v) is 10.8. The number of ether oxygens (including phenoxy) is 1. The Morgan fingerprint density at radius 2 is 2.12 bits per heavy atom. The summed E-state index contributed by atoms with van der Waals surface area (Å²) in [6, 6.07) is 0. The van der Waals surface area contributed by atoms with Crippen LogP contribution < -0.4 is 0 Å². The van der Waals surface area contributed by atoms with Gasteiger partial charge in [-0.2, -0.15) is 0 Å². The summed E-state index contributed by atoms with van der Waals surface area (Å²) in [7, 11) is 0. The largest absolute Gasteiger partial charge is 0.374 e. The highest BCUT2D eigenvalue weighted by Gasteiger charge is 2.32. The lowest BCUT2D eigenvalue weighted by molar-refractivity contribution is -0.0229. The molecule has 1 aromatic heterocycles. The molecule has 5 heteroatoms. The Balaban J connectivity index is 2.16. The lowest BCUT2D eigenvalue weighted by Crippen LogP contribution is -2.31. The molecule has 0 saturated heterocycles. The van der Waals surface area contributed by atoms with E-state index in [2.05, 4.69) is 24.0 Å². The molecule has 2 rings (SSSR count). The molecule has 90 valence electrons. The van der Waals surface area contributed by atoms with Gasteiger partial charge in [-0.25, -0.2) is 0 Å². The molecule has 4 nitrogen and oxygen atoms in total. The number of hydrogen-bond donors (Lipinski definition) is 0. The minimum atomic E-state index is -0.232. The minimum absolute atomic E-state index is 0.232. The summed E-state index contributed by atoms with van der Waals surface area (Å²) in [6.45, 7) is 7.52. The number of aromatic nitrogens is 3. The highest BCUT2D eigenvalue weighted by Crippen LogP contribution is 2.40. The number of hydrogen-bond acceptors (Lipinski definition) is 3. The van der Waals surface area contributed by atoms with Crippen molar-refractivity contribution in [3.05, 3.63) is 11.1 Å². The van der Waals surface area contributed by atoms with Crippen LogP contribution in [-0.2, 0) is 11.3 Å². The van der Waals surface area contributed by atoms with Crippen molar-refractivity contribution in [2.45, 2.75) is 51.7 Å². The van der Waals surface area contributed by atoms with Crippen molar-refractivity contribution in [1.29, 1.82) is 0 Å². The van der Waals surface area contributed by atoms with Gasteiger partial charge < -0.3 is 4.74 Å². The second-order valence-corrected chi connectivity index (χ2v) is 5.22. The smallest absolute Gasteiger partial charge is 0.225 e. The molecule has 0 N–H and O–H groups in total. The third-order valence-corrected chi connectivity index (χ3v) is 3.03. The average molecular weight is 244 g/mol. The van der Waals surface area contributed by atoms with Gasteiger partial charge in [-0.1, -0.05) is 0 Å². The molecule has 1 aromatic rings. The molecule has 0 radical (unpaired) electrons. The fraction of sp³-hybridized carbons (Fsp3) is 0.818. The lowest BCUT2D eigenvalue weighted by Gasteiger charge is -2.25. The van der Waals surface area contributed by atoms with Crippen LogP contribution in [0.1, 0.15) is 45.4 Å². The Morgan fingerprint density at radius 1 is 1.44 bits per heavy atom. The topological polar surface area (TPSA) is 39.9 Å². The molecule has 1 saturated carbocycles. The highest BCUT2D eigenvalue weighted by molar-refractivity contribution is 6.28. The standard InChI is InChI=1S/C11H18ClN3O/c1-4-16-11(2,3)7-15-9(8-5-6-8)13-14-10(15)12/h8H,4-7H2,1-3H3. The van der Waals surface area contributed by atoms with E-state index in [9.17, 15) is 0 Å². The molecule has 1 aliphatic rings. The quantitative estimate of drug-likeness (QED) is 0.798. The molecule has 1 fully saturated rings. The Kier molecular flexibility index (Phi) is 3.22. The van der Waals surface area contributed by atoms with Crippen molar-refractivity contribution < 1.29 is 4.74 Å². The first-order valence-electron chi connectivity index (χ1n) is 5.76. The van der Waals surface area contributed by atoms with Gasteiger partial charge in [0.25, 0.3) is 0 Å². The second-order valence-electron chi connectivity index (χ2n) is 4.88. The van der Waals surface area contributed by atoms with Crippen molar-refractivity contribution in [2.75, 3.05) is 6.61 Å². The van der Waals surface area contributed by atoms with Gasteiger partial charge in [-0.15, -0.1) is 10.2 Å². The summed E-state index contributed by atoms with van der Waals surface area (Å²) in [5, 5.41) is 8.56. The third kappa shape index (κ3) is 2.55. The van der Waals surface area contributed by atoms with Gasteiger partial charge in [-0.3, -0.25) is 4.57 Å². The minimum Gasteiger partial charge on any atom is -0.374 e. The van der Waals surface area contributed by atoms with Crippen molar-refractivity contribution in [2.24, 2.45) is 0 Å². The normalized spacial score (nSPS) is 16.8. The van der Waals surface area contributed by atoms with Crippen LogP contribution in [0.4, 0.5) is 0 Å². The van der Waals surface area contributed by atoms with Crippen molar-refractivity contribution in [1.82, 2.24) is 14.8 Å². The summed E-state index contributed by atoms with van der Waals surface area (Å²) in [5.41, 5.74) is -0.232. The average Bonchev–Trinajstić information content (AvgIpc) is 2.95. The summed E-state index contributed by atoms with van der Waals surface area (Å²) in [4.78, 5) is 0. The summed E-state index contributed by atoms with van der Waals surface area (Å²) in [6.07, 6.45) is 2.40. The van der Waals surface area contributed by atoms with E-state index < -0.39 is 0 Å². The predicted molar refractivity (Wildman–Crippen MR) is 62.7 cm³/mol. The lowest BCUT2D eigenvalue weighted by atomic mass is 10.1. The van der Waals surface area contributed by atoms with E-state index in [4.69, 9.17) is 16.3 Å². The molecule has 0 aromatic carbocycles. The first-order valence-corrected chi connectivity index (χ1v) is 6.14. The van der Waals surface area contributed by atoms with E-state index in [1.807, 2.05) is 11.5 Å². The highest BCUT2D eigenvalue weighted by atomic mass is 35.5. The molecule has 0 aliphatic heterocycles. The fourth-order valence-electron chi connectivity index (χ4n) is 1.90. The monoisotopic (exact) mass is 243 g/mol. The Labute approximate surface area is 101 Å². The van der Waals surface area contributed by atoms with Gasteiger partial charge in [0.05, 0.1) is 12.1 Å². The van der Waals surface area contributed by atoms with Gasteiger partial charge in [0.1, 0.15) is 5.82 Å². The van der Waals surface area contributed by atoms with Gasteiger partial charge in [0, 0.05) is 12.5 Å². The van der Waals surface area contributed by atoms with Gasteiger partial charge in [-0.05, 0) is 45.2 Å². The van der Waals surface area contributed by atoms with E-state index >= 15 is 0 Å². The van der Waals surface area contributed by atoms with Crippen molar-refractivity contribution in [3.8, 4) is 0 Å². The third-order valence-electron chi connectivity index (χ3n) is 2.75. The molecule has 0 bridgehead atoms. The van der Waals surface area contributed by atoms with Crippen LogP contribution in [0.2, 0.25) is 5.28 Å². The molecule has 0 spiro atoms. The first kappa shape index (κ1) is 11.9. The van der Waals surface area contributed by atoms with Crippen LogP contribution >= 0.6 is 11.6 Å². The molecule has 0 atom stereocenters. The summed E-state index contributed by atoms with van der Waals surface area (Å²) in [5.74, 6) is 1.57. The Morgan fingerprint density at radius 3 is 2.69 bits per heavy atom. The SMILES string of the molecule is CCOC(C)(C)Cn1c(Cl)nnc1C1CC1. The Bertz CT molecular complexity index is 371. The maximum absolute atomic E-state index is 6.06. The second kappa shape index (κ2) is 4.34. The van der Waals surface area contributed by atoms with Gasteiger partial charge >= 0.3 is 0 Å². The van der Waals surface area contributed by atoms with Crippen LogP contribution in [0, 0.1) is 0 Å². The molecular formula is C11H18ClN3O. The molecule has 0 unspecified atom stereocenters. The Hall–Kier alpha value is -0.610. The van der Waals surface area contributed by atoms with Crippen molar-refractivity contribution in [3.63, 3.8) is 0 Å². The first-order chi connectivity index (χ1) is 7.53. The molecule has 1 aliphatic carbocycles. The maximum Gasteiger partial charge on any atom is 0.225 e. The summed E-state index contributed by atoms with van der Waals surface area (Å²) >= 11 is 6.06. The van der Waals surface area contributed by atoms with E-state index in [0.717, 1.165) is 5.82 Å². The zero-order valence-electron chi connectivity index (χ0n) is 10.0. The van der Waals surface area contributed by atoms with Gasteiger partial charge in [0.15, 0.2) is 0 Å². The van der Waals surface area contributed by atoms with Crippen LogP contribution in [0.3, 0.4) is 0 Å². The van der Waals surface area contributed by atoms with Crippen LogP contribution in [0.15, 0.2) is 0 Å². The van der Waals surface area contributed by atoms with Crippen molar-refractivity contribution >= 4 is 11.6 Å². The molecular weight excluding hydrogens is 226 g/mol. The number of rotatable bonds is 5. The summed E-state index contributed by atoms with van der Waals surface area (Å²) < 4.78 is 7.66. The molecule has 0 amide bonds. The van der Waals surface area contributed by atoms with E-state index in [0.29, 0.717) is 24.4 Å². The van der Waals surface area contributed by atoms with Crippen LogP contribution in [0.25, 0.3) is 0 Å². The van der Waals surface area contributed by atoms with E-state index in [-0.39, 0.29) is 5.60 Å². The zero-order chi connectivity index (χ0) is 11.8. The van der Waals surface area contributed by atoms with Gasteiger partial charge in [0.2, 0.25) is 5.28 Å². The maximum atomic E-state index is 6.06. The predicted octanol–water partition coefficient (Wildman–Crippen LogP) is 2.62. The van der Waals surface area contributed by atoms with Crippen LogP contribution in [0.5, 0.6) is 0 Å². The fourth-order valence-corrected chi connectivity index (χ4v) is 2.09.